The lowest BCUT2D eigenvalue weighted by atomic mass is 9.84. The number of aliphatic hydroxyl groups is 4. The largest absolute Gasteiger partial charge is 0.504 e. The van der Waals surface area contributed by atoms with Crippen molar-refractivity contribution in [1.82, 2.24) is 0 Å². The van der Waals surface area contributed by atoms with Crippen LogP contribution in [-0.4, -0.2) is 102 Å². The molecule has 13 heteroatoms. The minimum Gasteiger partial charge on any atom is -0.504 e. The van der Waals surface area contributed by atoms with E-state index in [9.17, 15) is 30.6 Å². The summed E-state index contributed by atoms with van der Waals surface area (Å²) in [6.07, 6.45) is -8.33. The van der Waals surface area contributed by atoms with E-state index in [0.717, 1.165) is 5.56 Å². The molecule has 0 bridgehead atoms. The first-order chi connectivity index (χ1) is 19.2. The summed E-state index contributed by atoms with van der Waals surface area (Å²) in [4.78, 5) is 0. The van der Waals surface area contributed by atoms with Crippen molar-refractivity contribution in [2.24, 2.45) is 11.8 Å². The number of rotatable bonds is 8. The lowest BCUT2D eigenvalue weighted by molar-refractivity contribution is -0.277. The Labute approximate surface area is 230 Å². The van der Waals surface area contributed by atoms with Crippen molar-refractivity contribution in [3.05, 3.63) is 35.4 Å². The molecule has 2 aromatic carbocycles. The molecule has 3 aliphatic heterocycles. The maximum Gasteiger partial charge on any atom is 0.229 e. The Bertz CT molecular complexity index is 1180. The van der Waals surface area contributed by atoms with Crippen LogP contribution in [0.1, 0.15) is 23.3 Å². The van der Waals surface area contributed by atoms with Crippen LogP contribution in [0.25, 0.3) is 0 Å². The smallest absolute Gasteiger partial charge is 0.229 e. The molecule has 0 amide bonds. The highest BCUT2D eigenvalue weighted by molar-refractivity contribution is 5.55. The fourth-order valence-electron chi connectivity index (χ4n) is 5.64. The second-order valence-corrected chi connectivity index (χ2v) is 10.00. The van der Waals surface area contributed by atoms with Gasteiger partial charge in [0.05, 0.1) is 53.4 Å². The van der Waals surface area contributed by atoms with Crippen LogP contribution in [0.4, 0.5) is 0 Å². The third-order valence-electron chi connectivity index (χ3n) is 7.78. The molecule has 9 atom stereocenters. The topological polar surface area (TPSA) is 186 Å². The van der Waals surface area contributed by atoms with Crippen molar-refractivity contribution < 1.29 is 63.8 Å². The van der Waals surface area contributed by atoms with E-state index in [1.807, 2.05) is 0 Å². The molecule has 0 radical (unpaired) electrons. The van der Waals surface area contributed by atoms with Gasteiger partial charge in [-0.05, 0) is 35.4 Å². The number of hydrogen-bond donors (Lipinski definition) is 6. The summed E-state index contributed by atoms with van der Waals surface area (Å²) in [7, 11) is 4.28. The molecule has 6 N–H and O–H groups in total. The van der Waals surface area contributed by atoms with E-state index in [-0.39, 0.29) is 52.4 Å². The average molecular weight is 567 g/mol. The Balaban J connectivity index is 1.37. The number of methoxy groups -OCH3 is 3. The van der Waals surface area contributed by atoms with Crippen LogP contribution in [-0.2, 0) is 14.2 Å². The van der Waals surface area contributed by atoms with Crippen molar-refractivity contribution >= 4 is 0 Å². The van der Waals surface area contributed by atoms with E-state index < -0.39 is 43.4 Å². The van der Waals surface area contributed by atoms with Gasteiger partial charge in [0.2, 0.25) is 17.8 Å². The molecule has 40 heavy (non-hydrogen) atoms. The van der Waals surface area contributed by atoms with Gasteiger partial charge in [0.1, 0.15) is 24.4 Å². The molecule has 3 aliphatic rings. The molecule has 220 valence electrons. The first kappa shape index (κ1) is 28.5. The molecule has 0 spiro atoms. The molecule has 5 rings (SSSR count). The fraction of sp³-hybridized carbons (Fsp3) is 0.556. The highest BCUT2D eigenvalue weighted by Gasteiger charge is 2.49. The minimum atomic E-state index is -1.66. The number of aliphatic hydroxyl groups excluding tert-OH is 4. The van der Waals surface area contributed by atoms with Crippen molar-refractivity contribution in [2.45, 2.75) is 42.9 Å². The second-order valence-electron chi connectivity index (χ2n) is 10.00. The maximum atomic E-state index is 10.9. The molecule has 3 fully saturated rings. The normalized spacial score (nSPS) is 33.4. The fourth-order valence-corrected chi connectivity index (χ4v) is 5.64. The Hall–Kier alpha value is -3.04. The first-order valence-electron chi connectivity index (χ1n) is 12.8. The molecular weight excluding hydrogens is 532 g/mol. The number of fused-ring (bicyclic) bond motifs is 1. The van der Waals surface area contributed by atoms with Crippen LogP contribution in [0.15, 0.2) is 24.3 Å². The SMILES string of the molecule is COc1cc([C@H]2OC[C@H]3[C@@H]2CO[C@@H]3c2cc(O)c(O[C@@H]3O[C@H](CO)[C@@H](O)[C@H](O)[C@H]3O)c(OC)c2)cc(OC)c1O. The lowest BCUT2D eigenvalue weighted by Gasteiger charge is -2.39. The zero-order chi connectivity index (χ0) is 28.7. The highest BCUT2D eigenvalue weighted by Crippen LogP contribution is 2.53. The Kier molecular flexibility index (Phi) is 8.15. The Morgan fingerprint density at radius 3 is 1.80 bits per heavy atom. The summed E-state index contributed by atoms with van der Waals surface area (Å²) >= 11 is 0. The first-order valence-corrected chi connectivity index (χ1v) is 12.8. The second kappa shape index (κ2) is 11.4. The number of aromatic hydroxyl groups is 2. The van der Waals surface area contributed by atoms with Crippen LogP contribution in [0, 0.1) is 11.8 Å². The van der Waals surface area contributed by atoms with Crippen LogP contribution >= 0.6 is 0 Å². The van der Waals surface area contributed by atoms with Gasteiger partial charge in [-0.3, -0.25) is 0 Å². The van der Waals surface area contributed by atoms with Gasteiger partial charge in [-0.25, -0.2) is 0 Å². The highest BCUT2D eigenvalue weighted by atomic mass is 16.7. The van der Waals surface area contributed by atoms with E-state index in [4.69, 9.17) is 33.2 Å². The number of phenolic OH excluding ortho intramolecular Hbond substituents is 2. The molecule has 3 heterocycles. The number of benzene rings is 2. The van der Waals surface area contributed by atoms with Gasteiger partial charge in [0.25, 0.3) is 0 Å². The summed E-state index contributed by atoms with van der Waals surface area (Å²) in [5.74, 6) is -0.0574. The third kappa shape index (κ3) is 4.87. The van der Waals surface area contributed by atoms with E-state index in [1.165, 1.54) is 27.4 Å². The van der Waals surface area contributed by atoms with Crippen LogP contribution < -0.4 is 18.9 Å². The van der Waals surface area contributed by atoms with Crippen molar-refractivity contribution in [1.29, 1.82) is 0 Å². The van der Waals surface area contributed by atoms with Crippen molar-refractivity contribution in [2.75, 3.05) is 41.2 Å². The average Bonchev–Trinajstić information content (AvgIpc) is 3.57. The third-order valence-corrected chi connectivity index (χ3v) is 7.78. The van der Waals surface area contributed by atoms with E-state index >= 15 is 0 Å². The quantitative estimate of drug-likeness (QED) is 0.258. The molecule has 0 saturated carbocycles. The zero-order valence-electron chi connectivity index (χ0n) is 22.2. The van der Waals surface area contributed by atoms with Gasteiger partial charge in [0.15, 0.2) is 23.0 Å². The molecule has 13 nitrogen and oxygen atoms in total. The standard InChI is InChI=1S/C27H34O13/c1-34-16-5-12(6-17(35-2)20(16)30)25-14-10-37-24(13(14)9-38-25)11-4-15(29)26(18(7-11)36-3)40-27-23(33)22(32)21(31)19(8-28)39-27/h4-7,13-14,19,21-25,27-33H,8-10H2,1-3H3/t13-,14-,19+,21+,22-,23+,24+,25+,27-/m0/s1. The summed E-state index contributed by atoms with van der Waals surface area (Å²) < 4.78 is 39.4. The van der Waals surface area contributed by atoms with Crippen LogP contribution in [0.5, 0.6) is 34.5 Å². The molecule has 0 aromatic heterocycles. The van der Waals surface area contributed by atoms with Gasteiger partial charge in [-0.1, -0.05) is 0 Å². The predicted octanol–water partition coefficient (Wildman–Crippen LogP) is 0.377. The van der Waals surface area contributed by atoms with Gasteiger partial charge >= 0.3 is 0 Å². The molecule has 0 aliphatic carbocycles. The minimum absolute atomic E-state index is 0.0397. The Morgan fingerprint density at radius 1 is 0.750 bits per heavy atom. The van der Waals surface area contributed by atoms with Gasteiger partial charge in [-0.15, -0.1) is 0 Å². The van der Waals surface area contributed by atoms with Gasteiger partial charge in [-0.2, -0.15) is 0 Å². The van der Waals surface area contributed by atoms with Crippen LogP contribution in [0.2, 0.25) is 0 Å². The number of hydrogen-bond acceptors (Lipinski definition) is 13. The summed E-state index contributed by atoms with van der Waals surface area (Å²) in [5.41, 5.74) is 1.38. The zero-order valence-corrected chi connectivity index (χ0v) is 22.2. The maximum absolute atomic E-state index is 10.9. The molecule has 0 unspecified atom stereocenters. The monoisotopic (exact) mass is 566 g/mol. The molecular formula is C27H34O13. The van der Waals surface area contributed by atoms with Gasteiger partial charge in [0, 0.05) is 11.8 Å². The molecule has 2 aromatic rings. The van der Waals surface area contributed by atoms with E-state index in [1.54, 1.807) is 18.2 Å². The van der Waals surface area contributed by atoms with Crippen molar-refractivity contribution in [3.8, 4) is 34.5 Å². The summed E-state index contributed by atoms with van der Waals surface area (Å²) in [6.45, 7) is 0.122. The van der Waals surface area contributed by atoms with E-state index in [0.29, 0.717) is 18.8 Å². The Morgan fingerprint density at radius 2 is 1.27 bits per heavy atom. The summed E-state index contributed by atoms with van der Waals surface area (Å²) in [5, 5.41) is 61.0. The summed E-state index contributed by atoms with van der Waals surface area (Å²) in [6, 6.07) is 6.50. The number of ether oxygens (including phenoxy) is 7. The van der Waals surface area contributed by atoms with Gasteiger partial charge < -0.3 is 63.8 Å². The van der Waals surface area contributed by atoms with Crippen LogP contribution in [0.3, 0.4) is 0 Å². The molecule has 3 saturated heterocycles. The van der Waals surface area contributed by atoms with E-state index in [2.05, 4.69) is 0 Å². The lowest BCUT2D eigenvalue weighted by Crippen LogP contribution is -2.60. The predicted molar refractivity (Wildman–Crippen MR) is 135 cm³/mol. The van der Waals surface area contributed by atoms with Crippen molar-refractivity contribution in [3.63, 3.8) is 0 Å². The number of phenols is 2.